The maximum Gasteiger partial charge on any atom is 0.341 e. The molecule has 2 rings (SSSR count). The largest absolute Gasteiger partial charge is 0.465 e. The smallest absolute Gasteiger partial charge is 0.341 e. The lowest BCUT2D eigenvalue weighted by Crippen LogP contribution is -2.10. The van der Waals surface area contributed by atoms with E-state index in [9.17, 15) is 4.79 Å². The number of rotatable bonds is 3. The standard InChI is InChI=1S/C12H17NO3/c1-8-11(12(14)15-2)6-10(16-8)5-9-3-4-13-7-9/h6,9,13H,3-5,7H2,1-2H3. The zero-order valence-electron chi connectivity index (χ0n) is 9.71. The minimum atomic E-state index is -0.322. The summed E-state index contributed by atoms with van der Waals surface area (Å²) in [5.74, 6) is 1.83. The first-order valence-corrected chi connectivity index (χ1v) is 5.59. The van der Waals surface area contributed by atoms with E-state index in [1.807, 2.05) is 0 Å². The number of ether oxygens (including phenoxy) is 1. The lowest BCUT2D eigenvalue weighted by molar-refractivity contribution is 0.0599. The van der Waals surface area contributed by atoms with Gasteiger partial charge in [-0.3, -0.25) is 0 Å². The molecular formula is C12H17NO3. The molecule has 2 heterocycles. The molecular weight excluding hydrogens is 206 g/mol. The Kier molecular flexibility index (Phi) is 3.29. The number of carbonyl (C=O) groups excluding carboxylic acids is 1. The van der Waals surface area contributed by atoms with Gasteiger partial charge < -0.3 is 14.5 Å². The number of carbonyl (C=O) groups is 1. The summed E-state index contributed by atoms with van der Waals surface area (Å²) in [6.07, 6.45) is 2.07. The second kappa shape index (κ2) is 4.70. The van der Waals surface area contributed by atoms with Crippen molar-refractivity contribution in [3.63, 3.8) is 0 Å². The molecule has 1 aliphatic heterocycles. The normalized spacial score (nSPS) is 20.0. The summed E-state index contributed by atoms with van der Waals surface area (Å²) in [6, 6.07) is 1.81. The molecule has 4 heteroatoms. The minimum Gasteiger partial charge on any atom is -0.465 e. The summed E-state index contributed by atoms with van der Waals surface area (Å²) in [4.78, 5) is 11.4. The van der Waals surface area contributed by atoms with E-state index in [0.717, 1.165) is 25.3 Å². The first-order chi connectivity index (χ1) is 7.70. The third-order valence-electron chi connectivity index (χ3n) is 3.03. The van der Waals surface area contributed by atoms with Crippen LogP contribution in [-0.4, -0.2) is 26.2 Å². The lowest BCUT2D eigenvalue weighted by Gasteiger charge is -2.03. The molecule has 0 aromatic carbocycles. The van der Waals surface area contributed by atoms with E-state index >= 15 is 0 Å². The molecule has 0 aliphatic carbocycles. The zero-order chi connectivity index (χ0) is 11.5. The number of furan rings is 1. The van der Waals surface area contributed by atoms with E-state index in [1.54, 1.807) is 13.0 Å². The maximum absolute atomic E-state index is 11.4. The van der Waals surface area contributed by atoms with Gasteiger partial charge in [-0.25, -0.2) is 4.79 Å². The van der Waals surface area contributed by atoms with Gasteiger partial charge in [0.2, 0.25) is 0 Å². The van der Waals surface area contributed by atoms with Crippen molar-refractivity contribution in [1.29, 1.82) is 0 Å². The summed E-state index contributed by atoms with van der Waals surface area (Å²) in [5.41, 5.74) is 0.545. The summed E-state index contributed by atoms with van der Waals surface area (Å²) < 4.78 is 10.3. The van der Waals surface area contributed by atoms with Crippen LogP contribution in [0, 0.1) is 12.8 Å². The molecule has 1 aromatic heterocycles. The first kappa shape index (κ1) is 11.2. The second-order valence-electron chi connectivity index (χ2n) is 4.24. The molecule has 88 valence electrons. The van der Waals surface area contributed by atoms with Crippen LogP contribution in [0.3, 0.4) is 0 Å². The van der Waals surface area contributed by atoms with Gasteiger partial charge in [-0.15, -0.1) is 0 Å². The first-order valence-electron chi connectivity index (χ1n) is 5.59. The monoisotopic (exact) mass is 223 g/mol. The van der Waals surface area contributed by atoms with Crippen molar-refractivity contribution in [2.75, 3.05) is 20.2 Å². The Morgan fingerprint density at radius 2 is 2.50 bits per heavy atom. The fourth-order valence-electron chi connectivity index (χ4n) is 2.13. The number of esters is 1. The van der Waals surface area contributed by atoms with E-state index < -0.39 is 0 Å². The Hall–Kier alpha value is -1.29. The highest BCUT2D eigenvalue weighted by atomic mass is 16.5. The molecule has 0 saturated carbocycles. The van der Waals surface area contributed by atoms with Crippen molar-refractivity contribution in [1.82, 2.24) is 5.32 Å². The molecule has 1 atom stereocenters. The van der Waals surface area contributed by atoms with Gasteiger partial charge in [0, 0.05) is 6.42 Å². The van der Waals surface area contributed by atoms with Gasteiger partial charge in [-0.05, 0) is 38.4 Å². The topological polar surface area (TPSA) is 51.5 Å². The van der Waals surface area contributed by atoms with Crippen molar-refractivity contribution >= 4 is 5.97 Å². The molecule has 1 aromatic rings. The molecule has 4 nitrogen and oxygen atoms in total. The molecule has 0 bridgehead atoms. The van der Waals surface area contributed by atoms with Crippen molar-refractivity contribution in [2.45, 2.75) is 19.8 Å². The molecule has 1 N–H and O–H groups in total. The summed E-state index contributed by atoms with van der Waals surface area (Å²) in [5, 5.41) is 3.31. The highest BCUT2D eigenvalue weighted by Crippen LogP contribution is 2.21. The minimum absolute atomic E-state index is 0.322. The highest BCUT2D eigenvalue weighted by molar-refractivity contribution is 5.90. The Labute approximate surface area is 95.0 Å². The molecule has 1 saturated heterocycles. The van der Waals surface area contributed by atoms with Gasteiger partial charge >= 0.3 is 5.97 Å². The van der Waals surface area contributed by atoms with Crippen LogP contribution in [0.25, 0.3) is 0 Å². The molecule has 16 heavy (non-hydrogen) atoms. The van der Waals surface area contributed by atoms with E-state index in [2.05, 4.69) is 10.1 Å². The predicted molar refractivity (Wildman–Crippen MR) is 59.5 cm³/mol. The van der Waals surface area contributed by atoms with E-state index in [0.29, 0.717) is 17.2 Å². The van der Waals surface area contributed by atoms with E-state index in [4.69, 9.17) is 4.42 Å². The number of methoxy groups -OCH3 is 1. The number of hydrogen-bond donors (Lipinski definition) is 1. The van der Waals surface area contributed by atoms with Crippen LogP contribution >= 0.6 is 0 Å². The highest BCUT2D eigenvalue weighted by Gasteiger charge is 2.20. The van der Waals surface area contributed by atoms with Crippen LogP contribution in [0.4, 0.5) is 0 Å². The quantitative estimate of drug-likeness (QED) is 0.789. The molecule has 1 unspecified atom stereocenters. The van der Waals surface area contributed by atoms with Crippen LogP contribution in [0.15, 0.2) is 10.5 Å². The SMILES string of the molecule is COC(=O)c1cc(CC2CCNC2)oc1C. The van der Waals surface area contributed by atoms with Gasteiger partial charge in [0.1, 0.15) is 17.1 Å². The number of hydrogen-bond acceptors (Lipinski definition) is 4. The molecule has 0 radical (unpaired) electrons. The van der Waals surface area contributed by atoms with E-state index in [-0.39, 0.29) is 5.97 Å². The fourth-order valence-corrected chi connectivity index (χ4v) is 2.13. The number of aryl methyl sites for hydroxylation is 1. The third kappa shape index (κ3) is 2.27. The van der Waals surface area contributed by atoms with Gasteiger partial charge in [0.05, 0.1) is 7.11 Å². The number of nitrogens with one attached hydrogen (secondary N) is 1. The van der Waals surface area contributed by atoms with Gasteiger partial charge in [-0.1, -0.05) is 0 Å². The average Bonchev–Trinajstić information content (AvgIpc) is 2.88. The zero-order valence-corrected chi connectivity index (χ0v) is 9.71. The Morgan fingerprint density at radius 3 is 3.12 bits per heavy atom. The predicted octanol–water partition coefficient (Wildman–Crippen LogP) is 1.53. The third-order valence-corrected chi connectivity index (χ3v) is 3.03. The molecule has 0 spiro atoms. The molecule has 0 amide bonds. The van der Waals surface area contributed by atoms with Crippen LogP contribution in [0.5, 0.6) is 0 Å². The van der Waals surface area contributed by atoms with Crippen LogP contribution < -0.4 is 5.32 Å². The van der Waals surface area contributed by atoms with Crippen molar-refractivity contribution in [2.24, 2.45) is 5.92 Å². The Balaban J connectivity index is 2.07. The van der Waals surface area contributed by atoms with Gasteiger partial charge in [-0.2, -0.15) is 0 Å². The Morgan fingerprint density at radius 1 is 1.69 bits per heavy atom. The van der Waals surface area contributed by atoms with Crippen molar-refractivity contribution in [3.05, 3.63) is 23.2 Å². The van der Waals surface area contributed by atoms with E-state index in [1.165, 1.54) is 13.5 Å². The summed E-state index contributed by atoms with van der Waals surface area (Å²) in [7, 11) is 1.38. The average molecular weight is 223 g/mol. The van der Waals surface area contributed by atoms with Crippen molar-refractivity contribution < 1.29 is 13.9 Å². The summed E-state index contributed by atoms with van der Waals surface area (Å²) in [6.45, 7) is 3.91. The molecule has 1 aliphatic rings. The molecule has 1 fully saturated rings. The Bertz CT molecular complexity index is 378. The summed E-state index contributed by atoms with van der Waals surface area (Å²) >= 11 is 0. The van der Waals surface area contributed by atoms with Crippen LogP contribution in [0.1, 0.15) is 28.3 Å². The second-order valence-corrected chi connectivity index (χ2v) is 4.24. The van der Waals surface area contributed by atoms with Gasteiger partial charge in [0.15, 0.2) is 0 Å². The van der Waals surface area contributed by atoms with Crippen molar-refractivity contribution in [3.8, 4) is 0 Å². The van der Waals surface area contributed by atoms with Gasteiger partial charge in [0.25, 0.3) is 0 Å². The fraction of sp³-hybridized carbons (Fsp3) is 0.583. The maximum atomic E-state index is 11.4. The van der Waals surface area contributed by atoms with Crippen LogP contribution in [-0.2, 0) is 11.2 Å². The van der Waals surface area contributed by atoms with Crippen LogP contribution in [0.2, 0.25) is 0 Å². The lowest BCUT2D eigenvalue weighted by atomic mass is 10.0.